The van der Waals surface area contributed by atoms with Crippen molar-refractivity contribution in [3.05, 3.63) is 18.0 Å². The molecule has 1 aromatic heterocycles. The average Bonchev–Trinajstić information content (AvgIpc) is 2.75. The summed E-state index contributed by atoms with van der Waals surface area (Å²) in [5.41, 5.74) is 0.955. The van der Waals surface area contributed by atoms with Crippen molar-refractivity contribution in [2.45, 2.75) is 30.8 Å². The van der Waals surface area contributed by atoms with Gasteiger partial charge in [-0.3, -0.25) is 0 Å². The molecule has 0 amide bonds. The summed E-state index contributed by atoms with van der Waals surface area (Å²) in [6.45, 7) is 2.70. The number of sulfonamides is 1. The summed E-state index contributed by atoms with van der Waals surface area (Å²) in [5.74, 6) is 0.463. The van der Waals surface area contributed by atoms with Crippen molar-refractivity contribution in [1.29, 1.82) is 0 Å². The van der Waals surface area contributed by atoms with E-state index in [1.165, 1.54) is 0 Å². The number of aryl methyl sites for hydroxylation is 1. The van der Waals surface area contributed by atoms with E-state index in [0.717, 1.165) is 12.1 Å². The van der Waals surface area contributed by atoms with E-state index >= 15 is 0 Å². The van der Waals surface area contributed by atoms with Crippen molar-refractivity contribution in [3.63, 3.8) is 0 Å². The number of rotatable bonds is 5. The maximum Gasteiger partial charge on any atom is 0.242 e. The van der Waals surface area contributed by atoms with E-state index in [0.29, 0.717) is 17.4 Å². The largest absolute Gasteiger partial charge is 0.352 e. The molecular formula is C11H19N3O2S. The van der Waals surface area contributed by atoms with Gasteiger partial charge < -0.3 is 9.88 Å². The van der Waals surface area contributed by atoms with E-state index in [-0.39, 0.29) is 6.04 Å². The Kier molecular flexibility index (Phi) is 3.29. The van der Waals surface area contributed by atoms with Crippen molar-refractivity contribution < 1.29 is 8.42 Å². The molecule has 0 aliphatic heterocycles. The summed E-state index contributed by atoms with van der Waals surface area (Å²) in [6.07, 6.45) is 2.59. The third-order valence-electron chi connectivity index (χ3n) is 3.17. The highest BCUT2D eigenvalue weighted by Crippen LogP contribution is 2.30. The van der Waals surface area contributed by atoms with Crippen LogP contribution in [0.5, 0.6) is 0 Å². The lowest BCUT2D eigenvalue weighted by atomic mass is 10.4. The van der Waals surface area contributed by atoms with Gasteiger partial charge in [-0.15, -0.1) is 0 Å². The summed E-state index contributed by atoms with van der Waals surface area (Å²) >= 11 is 0. The maximum absolute atomic E-state index is 12.1. The van der Waals surface area contributed by atoms with Crippen LogP contribution in [0.2, 0.25) is 0 Å². The van der Waals surface area contributed by atoms with Gasteiger partial charge in [0, 0.05) is 31.5 Å². The molecule has 0 bridgehead atoms. The monoisotopic (exact) mass is 257 g/mol. The Labute approximate surface area is 102 Å². The standard InChI is InChI=1S/C11H19N3O2S/c1-8-4-11(8)13-17(15,16)10-5-9(6-12-2)14(3)7-10/h5,7-8,11-13H,4,6H2,1-3H3. The average molecular weight is 257 g/mol. The molecule has 6 heteroatoms. The van der Waals surface area contributed by atoms with Crippen LogP contribution in [-0.2, 0) is 23.6 Å². The molecule has 96 valence electrons. The van der Waals surface area contributed by atoms with Gasteiger partial charge in [0.2, 0.25) is 10.0 Å². The van der Waals surface area contributed by atoms with Gasteiger partial charge in [-0.25, -0.2) is 13.1 Å². The fourth-order valence-corrected chi connectivity index (χ4v) is 3.29. The number of hydrogen-bond donors (Lipinski definition) is 2. The lowest BCUT2D eigenvalue weighted by Crippen LogP contribution is -2.26. The molecule has 5 nitrogen and oxygen atoms in total. The summed E-state index contributed by atoms with van der Waals surface area (Å²) in [5, 5.41) is 3.01. The molecule has 1 aliphatic carbocycles. The van der Waals surface area contributed by atoms with Gasteiger partial charge >= 0.3 is 0 Å². The smallest absolute Gasteiger partial charge is 0.242 e. The van der Waals surface area contributed by atoms with Crippen LogP contribution in [0.4, 0.5) is 0 Å². The molecule has 0 saturated heterocycles. The van der Waals surface area contributed by atoms with Crippen LogP contribution in [0.25, 0.3) is 0 Å². The Morgan fingerprint density at radius 1 is 1.53 bits per heavy atom. The topological polar surface area (TPSA) is 63.1 Å². The van der Waals surface area contributed by atoms with Gasteiger partial charge in [0.05, 0.1) is 4.90 Å². The highest BCUT2D eigenvalue weighted by atomic mass is 32.2. The first-order valence-electron chi connectivity index (χ1n) is 5.76. The number of aromatic nitrogens is 1. The Morgan fingerprint density at radius 2 is 2.18 bits per heavy atom. The molecule has 1 saturated carbocycles. The second-order valence-electron chi connectivity index (χ2n) is 4.75. The van der Waals surface area contributed by atoms with Crippen LogP contribution >= 0.6 is 0 Å². The zero-order chi connectivity index (χ0) is 12.6. The fourth-order valence-electron chi connectivity index (χ4n) is 1.83. The number of nitrogens with zero attached hydrogens (tertiary/aromatic N) is 1. The maximum atomic E-state index is 12.1. The molecule has 0 spiro atoms. The molecule has 2 unspecified atom stereocenters. The molecular weight excluding hydrogens is 238 g/mol. The molecule has 2 atom stereocenters. The summed E-state index contributed by atoms with van der Waals surface area (Å²) in [4.78, 5) is 0.351. The lowest BCUT2D eigenvalue weighted by molar-refractivity contribution is 0.578. The summed E-state index contributed by atoms with van der Waals surface area (Å²) in [7, 11) is 0.343. The van der Waals surface area contributed by atoms with Crippen LogP contribution in [0.3, 0.4) is 0 Å². The van der Waals surface area contributed by atoms with Crippen molar-refractivity contribution in [2.75, 3.05) is 7.05 Å². The predicted molar refractivity (Wildman–Crippen MR) is 66.1 cm³/mol. The fraction of sp³-hybridized carbons (Fsp3) is 0.636. The van der Waals surface area contributed by atoms with Crippen LogP contribution in [-0.4, -0.2) is 26.1 Å². The lowest BCUT2D eigenvalue weighted by Gasteiger charge is -2.02. The quantitative estimate of drug-likeness (QED) is 0.804. The van der Waals surface area contributed by atoms with Gasteiger partial charge in [-0.1, -0.05) is 6.92 Å². The van der Waals surface area contributed by atoms with Crippen LogP contribution < -0.4 is 10.0 Å². The zero-order valence-electron chi connectivity index (χ0n) is 10.4. The van der Waals surface area contributed by atoms with E-state index in [2.05, 4.69) is 10.0 Å². The van der Waals surface area contributed by atoms with Crippen LogP contribution in [0.1, 0.15) is 19.0 Å². The minimum atomic E-state index is -3.35. The minimum absolute atomic E-state index is 0.118. The molecule has 2 N–H and O–H groups in total. The Hall–Kier alpha value is -0.850. The van der Waals surface area contributed by atoms with Crippen molar-refractivity contribution in [3.8, 4) is 0 Å². The number of hydrogen-bond acceptors (Lipinski definition) is 3. The van der Waals surface area contributed by atoms with E-state index in [4.69, 9.17) is 0 Å². The highest BCUT2D eigenvalue weighted by molar-refractivity contribution is 7.89. The van der Waals surface area contributed by atoms with Gasteiger partial charge in [-0.2, -0.15) is 0 Å². The first-order chi connectivity index (χ1) is 7.94. The molecule has 0 aromatic carbocycles. The molecule has 1 aliphatic rings. The first kappa shape index (κ1) is 12.6. The van der Waals surface area contributed by atoms with Gasteiger partial charge in [0.1, 0.15) is 0 Å². The normalized spacial score (nSPS) is 23.9. The van der Waals surface area contributed by atoms with E-state index < -0.39 is 10.0 Å². The first-order valence-corrected chi connectivity index (χ1v) is 7.24. The molecule has 2 rings (SSSR count). The SMILES string of the molecule is CNCc1cc(S(=O)(=O)NC2CC2C)cn1C. The molecule has 1 fully saturated rings. The van der Waals surface area contributed by atoms with Gasteiger partial charge in [0.25, 0.3) is 0 Å². The van der Waals surface area contributed by atoms with Gasteiger partial charge in [-0.05, 0) is 25.5 Å². The summed E-state index contributed by atoms with van der Waals surface area (Å²) < 4.78 is 28.7. The molecule has 1 aromatic rings. The van der Waals surface area contributed by atoms with E-state index in [1.807, 2.05) is 25.6 Å². The zero-order valence-corrected chi connectivity index (χ0v) is 11.2. The molecule has 1 heterocycles. The van der Waals surface area contributed by atoms with Crippen molar-refractivity contribution >= 4 is 10.0 Å². The van der Waals surface area contributed by atoms with E-state index in [1.54, 1.807) is 12.3 Å². The van der Waals surface area contributed by atoms with Crippen molar-refractivity contribution in [1.82, 2.24) is 14.6 Å². The summed E-state index contributed by atoms with van der Waals surface area (Å²) in [6, 6.07) is 1.83. The van der Waals surface area contributed by atoms with E-state index in [9.17, 15) is 8.42 Å². The van der Waals surface area contributed by atoms with Crippen molar-refractivity contribution in [2.24, 2.45) is 13.0 Å². The second-order valence-corrected chi connectivity index (χ2v) is 6.46. The van der Waals surface area contributed by atoms with Gasteiger partial charge in [0.15, 0.2) is 0 Å². The third-order valence-corrected chi connectivity index (χ3v) is 4.62. The van der Waals surface area contributed by atoms with Crippen LogP contribution in [0, 0.1) is 5.92 Å². The molecule has 0 radical (unpaired) electrons. The highest BCUT2D eigenvalue weighted by Gasteiger charge is 2.36. The predicted octanol–water partition coefficient (Wildman–Crippen LogP) is 0.431. The number of nitrogens with one attached hydrogen (secondary N) is 2. The minimum Gasteiger partial charge on any atom is -0.352 e. The Bertz CT molecular complexity index is 507. The molecule has 17 heavy (non-hydrogen) atoms. The van der Waals surface area contributed by atoms with Crippen LogP contribution in [0.15, 0.2) is 17.2 Å². The Morgan fingerprint density at radius 3 is 2.71 bits per heavy atom. The third kappa shape index (κ3) is 2.70. The second kappa shape index (κ2) is 4.44. The Balaban J connectivity index is 2.18.